The van der Waals surface area contributed by atoms with E-state index in [9.17, 15) is 14.4 Å². The van der Waals surface area contributed by atoms with Crippen molar-refractivity contribution in [2.45, 2.75) is 213 Å². The summed E-state index contributed by atoms with van der Waals surface area (Å²) in [7, 11) is 0. The van der Waals surface area contributed by atoms with Crippen LogP contribution in [0.5, 0.6) is 0 Å². The third kappa shape index (κ3) is 45.4. The molecule has 0 heterocycles. The van der Waals surface area contributed by atoms with Crippen molar-refractivity contribution in [1.29, 1.82) is 0 Å². The Hall–Kier alpha value is -3.67. The topological polar surface area (TPSA) is 78.9 Å². The number of hydrogen-bond acceptors (Lipinski definition) is 6. The van der Waals surface area contributed by atoms with Crippen molar-refractivity contribution in [2.75, 3.05) is 13.2 Å². The largest absolute Gasteiger partial charge is 0.462 e. The van der Waals surface area contributed by atoms with Gasteiger partial charge in [0.15, 0.2) is 6.10 Å². The van der Waals surface area contributed by atoms with Gasteiger partial charge in [0, 0.05) is 12.8 Å². The van der Waals surface area contributed by atoms with E-state index in [-0.39, 0.29) is 31.6 Å². The summed E-state index contributed by atoms with van der Waals surface area (Å²) < 4.78 is 16.6. The molecule has 0 bridgehead atoms. The van der Waals surface area contributed by atoms with Crippen LogP contribution in [-0.4, -0.2) is 37.2 Å². The fourth-order valence-electron chi connectivity index (χ4n) is 6.32. The van der Waals surface area contributed by atoms with Gasteiger partial charge in [0.1, 0.15) is 13.2 Å². The number of esters is 3. The fraction of sp³-hybridized carbons (Fsp3) is 0.648. The maximum atomic E-state index is 12.7. The Kier molecular flexibility index (Phi) is 45.1. The molecule has 0 spiro atoms. The number of allylic oxidation sites excluding steroid dienone is 15. The van der Waals surface area contributed by atoms with Gasteiger partial charge in [-0.25, -0.2) is 0 Å². The van der Waals surface area contributed by atoms with Gasteiger partial charge in [0.25, 0.3) is 0 Å². The normalized spacial score (nSPS) is 12.9. The third-order valence-electron chi connectivity index (χ3n) is 9.93. The molecule has 0 aliphatic heterocycles. The summed E-state index contributed by atoms with van der Waals surface area (Å²) in [5.74, 6) is -1.08. The maximum absolute atomic E-state index is 12.7. The van der Waals surface area contributed by atoms with Crippen LogP contribution < -0.4 is 0 Å². The Labute approximate surface area is 368 Å². The van der Waals surface area contributed by atoms with Gasteiger partial charge in [-0.05, 0) is 77.0 Å². The first kappa shape index (κ1) is 56.3. The summed E-state index contributed by atoms with van der Waals surface area (Å²) in [6, 6.07) is 0. The Bertz CT molecular complexity index is 1230. The molecule has 0 aromatic rings. The fourth-order valence-corrected chi connectivity index (χ4v) is 6.32. The molecule has 6 heteroatoms. The zero-order valence-electron chi connectivity index (χ0n) is 38.7. The molecule has 1 atom stereocenters. The summed E-state index contributed by atoms with van der Waals surface area (Å²) in [5.41, 5.74) is 0. The van der Waals surface area contributed by atoms with Crippen molar-refractivity contribution >= 4 is 17.9 Å². The minimum atomic E-state index is -0.825. The summed E-state index contributed by atoms with van der Waals surface area (Å²) in [5, 5.41) is 0. The van der Waals surface area contributed by atoms with Gasteiger partial charge in [-0.15, -0.1) is 0 Å². The van der Waals surface area contributed by atoms with Crippen LogP contribution in [0.1, 0.15) is 207 Å². The number of carbonyl (C=O) groups excluding carboxylic acids is 3. The van der Waals surface area contributed by atoms with Crippen LogP contribution in [0.25, 0.3) is 0 Å². The van der Waals surface area contributed by atoms with Crippen LogP contribution in [-0.2, 0) is 28.6 Å². The highest BCUT2D eigenvalue weighted by Crippen LogP contribution is 2.13. The van der Waals surface area contributed by atoms with Gasteiger partial charge in [-0.3, -0.25) is 14.4 Å². The van der Waals surface area contributed by atoms with Gasteiger partial charge >= 0.3 is 17.9 Å². The van der Waals surface area contributed by atoms with E-state index in [1.165, 1.54) is 70.6 Å². The number of carbonyl (C=O) groups is 3. The molecule has 0 fully saturated rings. The van der Waals surface area contributed by atoms with Gasteiger partial charge in [0.2, 0.25) is 0 Å². The molecule has 0 N–H and O–H groups in total. The molecule has 0 amide bonds. The lowest BCUT2D eigenvalue weighted by molar-refractivity contribution is -0.166. The molecule has 0 aliphatic rings. The molecule has 60 heavy (non-hydrogen) atoms. The van der Waals surface area contributed by atoms with E-state index in [1.54, 1.807) is 6.08 Å². The highest BCUT2D eigenvalue weighted by molar-refractivity contribution is 5.72. The van der Waals surface area contributed by atoms with Gasteiger partial charge in [-0.1, -0.05) is 208 Å². The predicted octanol–water partition coefficient (Wildman–Crippen LogP) is 15.8. The lowest BCUT2D eigenvalue weighted by Crippen LogP contribution is -2.30. The van der Waals surface area contributed by atoms with Crippen LogP contribution in [0.4, 0.5) is 0 Å². The number of hydrogen-bond donors (Lipinski definition) is 0. The Morgan fingerprint density at radius 2 is 0.783 bits per heavy atom. The summed E-state index contributed by atoms with van der Waals surface area (Å²) >= 11 is 0. The van der Waals surface area contributed by atoms with Gasteiger partial charge in [-0.2, -0.15) is 0 Å². The maximum Gasteiger partial charge on any atom is 0.309 e. The molecule has 0 saturated carbocycles. The smallest absolute Gasteiger partial charge is 0.309 e. The SMILES string of the molecule is CC\C=C/C=C\C=C/CCCCCCCCCC(=O)OC(COC(=O)C/C=C\C/C=C\C/C=C\CC)COC(=O)CCCCCCC/C=C\C=C/CCCCCCCCC. The molecule has 0 saturated heterocycles. The number of rotatable bonds is 42. The molecule has 0 rings (SSSR count). The van der Waals surface area contributed by atoms with E-state index < -0.39 is 12.1 Å². The van der Waals surface area contributed by atoms with Crippen molar-refractivity contribution in [2.24, 2.45) is 0 Å². The van der Waals surface area contributed by atoms with E-state index in [1.807, 2.05) is 6.08 Å². The second-order valence-corrected chi connectivity index (χ2v) is 15.7. The van der Waals surface area contributed by atoms with Gasteiger partial charge in [0.05, 0.1) is 6.42 Å². The minimum absolute atomic E-state index is 0.119. The highest BCUT2D eigenvalue weighted by Gasteiger charge is 2.19. The Morgan fingerprint density at radius 1 is 0.383 bits per heavy atom. The molecule has 0 aromatic carbocycles. The van der Waals surface area contributed by atoms with Crippen LogP contribution in [0, 0.1) is 0 Å². The number of ether oxygens (including phenoxy) is 3. The molecule has 0 aromatic heterocycles. The van der Waals surface area contributed by atoms with E-state index in [4.69, 9.17) is 14.2 Å². The molecular formula is C54H88O6. The summed E-state index contributed by atoms with van der Waals surface area (Å²) in [6.07, 6.45) is 62.8. The predicted molar refractivity (Wildman–Crippen MR) is 256 cm³/mol. The summed E-state index contributed by atoms with van der Waals surface area (Å²) in [4.78, 5) is 37.7. The van der Waals surface area contributed by atoms with E-state index in [2.05, 4.69) is 106 Å². The van der Waals surface area contributed by atoms with Crippen LogP contribution in [0.15, 0.2) is 97.2 Å². The molecule has 0 radical (unpaired) electrons. The number of unbranched alkanes of at least 4 members (excludes halogenated alkanes) is 19. The Morgan fingerprint density at radius 3 is 1.30 bits per heavy atom. The van der Waals surface area contributed by atoms with Crippen molar-refractivity contribution in [3.63, 3.8) is 0 Å². The lowest BCUT2D eigenvalue weighted by Gasteiger charge is -2.18. The van der Waals surface area contributed by atoms with Gasteiger partial charge < -0.3 is 14.2 Å². The van der Waals surface area contributed by atoms with E-state index >= 15 is 0 Å². The first-order chi connectivity index (χ1) is 29.5. The van der Waals surface area contributed by atoms with E-state index in [0.717, 1.165) is 96.3 Å². The average molecular weight is 833 g/mol. The van der Waals surface area contributed by atoms with Crippen LogP contribution in [0.3, 0.4) is 0 Å². The molecular weight excluding hydrogens is 745 g/mol. The van der Waals surface area contributed by atoms with Crippen LogP contribution >= 0.6 is 0 Å². The lowest BCUT2D eigenvalue weighted by atomic mass is 10.1. The molecule has 6 nitrogen and oxygen atoms in total. The third-order valence-corrected chi connectivity index (χ3v) is 9.93. The van der Waals surface area contributed by atoms with Crippen molar-refractivity contribution < 1.29 is 28.6 Å². The average Bonchev–Trinajstić information content (AvgIpc) is 3.24. The molecule has 340 valence electrons. The van der Waals surface area contributed by atoms with Crippen molar-refractivity contribution in [1.82, 2.24) is 0 Å². The van der Waals surface area contributed by atoms with Crippen molar-refractivity contribution in [3.05, 3.63) is 97.2 Å². The minimum Gasteiger partial charge on any atom is -0.462 e. The zero-order valence-corrected chi connectivity index (χ0v) is 38.7. The monoisotopic (exact) mass is 833 g/mol. The zero-order chi connectivity index (χ0) is 43.7. The first-order valence-corrected chi connectivity index (χ1v) is 24.3. The Balaban J connectivity index is 4.44. The standard InChI is InChI=1S/C54H88O6/c1-4-7-10-13-16-19-21-23-25-26-27-29-30-32-35-38-41-44-47-53(56)59-50-51(49-58-52(55)46-43-40-37-34-18-15-12-9-6-3)60-54(57)48-45-42-39-36-33-31-28-24-22-20-17-14-11-8-5-2/h8-9,11-12,14,17-18,20,22,25-27,29,34,40,43,51H,4-7,10,13,15-16,19,21,23-24,28,30-33,35-39,41-42,44-50H2,1-3H3/b11-8-,12-9-,17-14-,22-20-,26-25-,29-27-,34-18-,43-40-. The molecule has 1 unspecified atom stereocenters. The second-order valence-electron chi connectivity index (χ2n) is 15.7. The molecule has 0 aliphatic carbocycles. The first-order valence-electron chi connectivity index (χ1n) is 24.3. The quantitative estimate of drug-likeness (QED) is 0.0200. The van der Waals surface area contributed by atoms with E-state index in [0.29, 0.717) is 12.8 Å². The van der Waals surface area contributed by atoms with Crippen LogP contribution in [0.2, 0.25) is 0 Å². The van der Waals surface area contributed by atoms with Crippen molar-refractivity contribution in [3.8, 4) is 0 Å². The second kappa shape index (κ2) is 48.0. The summed E-state index contributed by atoms with van der Waals surface area (Å²) in [6.45, 7) is 6.25. The highest BCUT2D eigenvalue weighted by atomic mass is 16.6.